The average molecular weight is 448 g/mol. The van der Waals surface area contributed by atoms with E-state index in [1.54, 1.807) is 11.6 Å². The third-order valence-electron chi connectivity index (χ3n) is 4.18. The average Bonchev–Trinajstić information content (AvgIpc) is 3.20. The van der Waals surface area contributed by atoms with Gasteiger partial charge in [-0.2, -0.15) is 5.26 Å². The highest BCUT2D eigenvalue weighted by Gasteiger charge is 2.31. The van der Waals surface area contributed by atoms with Gasteiger partial charge in [0.15, 0.2) is 0 Å². The number of carbonyl (C=O) groups is 1. The number of nitrogens with one attached hydrogen (secondary N) is 2. The highest BCUT2D eigenvalue weighted by Crippen LogP contribution is 2.37. The van der Waals surface area contributed by atoms with Crippen molar-refractivity contribution in [3.63, 3.8) is 0 Å². The number of hydrogen-bond acceptors (Lipinski definition) is 7. The van der Waals surface area contributed by atoms with Crippen LogP contribution in [0.4, 0.5) is 18.9 Å². The Morgan fingerprint density at radius 2 is 2.03 bits per heavy atom. The molecule has 1 aromatic heterocycles. The summed E-state index contributed by atoms with van der Waals surface area (Å²) in [5.41, 5.74) is 6.08. The van der Waals surface area contributed by atoms with E-state index in [-0.39, 0.29) is 18.7 Å². The molecule has 0 aliphatic carbocycles. The molecule has 31 heavy (non-hydrogen) atoms. The van der Waals surface area contributed by atoms with E-state index in [1.807, 2.05) is 0 Å². The monoisotopic (exact) mass is 448 g/mol. The van der Waals surface area contributed by atoms with E-state index in [0.717, 1.165) is 0 Å². The standard InChI is InChI=1S/C20H15F3N4O3S/c1-11(6-17(28)27-29)9-25-16-7-14(18-19(15(16)8-24)31-10-26-18)12-2-4-13(5-3-12)30-20(21,22)23/h2-5,7,10,25,29H,1,6,9H2,(H,27,28). The number of aromatic nitrogens is 1. The first-order chi connectivity index (χ1) is 14.7. The number of benzene rings is 2. The van der Waals surface area contributed by atoms with Crippen molar-refractivity contribution in [3.8, 4) is 22.9 Å². The van der Waals surface area contributed by atoms with Crippen LogP contribution in [0.25, 0.3) is 21.3 Å². The zero-order valence-electron chi connectivity index (χ0n) is 15.8. The van der Waals surface area contributed by atoms with Crippen molar-refractivity contribution in [3.05, 3.63) is 53.6 Å². The topological polar surface area (TPSA) is 107 Å². The van der Waals surface area contributed by atoms with Crippen LogP contribution in [0.3, 0.4) is 0 Å². The number of halogens is 3. The van der Waals surface area contributed by atoms with Crippen LogP contribution in [0.15, 0.2) is 48.0 Å². The van der Waals surface area contributed by atoms with Crippen molar-refractivity contribution in [2.45, 2.75) is 12.8 Å². The minimum Gasteiger partial charge on any atom is -0.406 e. The molecule has 0 aliphatic heterocycles. The number of anilines is 1. The highest BCUT2D eigenvalue weighted by atomic mass is 32.1. The Balaban J connectivity index is 1.95. The summed E-state index contributed by atoms with van der Waals surface area (Å²) in [6.07, 6.45) is -4.90. The molecule has 0 spiro atoms. The third kappa shape index (κ3) is 5.30. The number of fused-ring (bicyclic) bond motifs is 1. The summed E-state index contributed by atoms with van der Waals surface area (Å²) in [5.74, 6) is -0.969. The van der Waals surface area contributed by atoms with Crippen LogP contribution in [0.1, 0.15) is 12.0 Å². The Hall–Kier alpha value is -3.62. The van der Waals surface area contributed by atoms with Crippen molar-refractivity contribution in [1.29, 1.82) is 5.26 Å². The van der Waals surface area contributed by atoms with Gasteiger partial charge in [-0.05, 0) is 29.3 Å². The number of amides is 1. The fourth-order valence-electron chi connectivity index (χ4n) is 2.88. The summed E-state index contributed by atoms with van der Waals surface area (Å²) in [4.78, 5) is 15.6. The molecule has 1 heterocycles. The van der Waals surface area contributed by atoms with E-state index in [4.69, 9.17) is 5.21 Å². The van der Waals surface area contributed by atoms with Crippen molar-refractivity contribution in [2.24, 2.45) is 0 Å². The van der Waals surface area contributed by atoms with Crippen molar-refractivity contribution in [2.75, 3.05) is 11.9 Å². The molecule has 0 atom stereocenters. The Morgan fingerprint density at radius 1 is 1.32 bits per heavy atom. The Labute approximate surface area is 178 Å². The van der Waals surface area contributed by atoms with Crippen LogP contribution in [0, 0.1) is 11.3 Å². The number of thiazole rings is 1. The maximum absolute atomic E-state index is 12.4. The summed E-state index contributed by atoms with van der Waals surface area (Å²) >= 11 is 1.25. The molecule has 0 saturated heterocycles. The minimum absolute atomic E-state index is 0.109. The number of alkyl halides is 3. The van der Waals surface area contributed by atoms with Gasteiger partial charge in [0.1, 0.15) is 11.8 Å². The predicted octanol–water partition coefficient (Wildman–Crippen LogP) is 4.60. The van der Waals surface area contributed by atoms with E-state index >= 15 is 0 Å². The summed E-state index contributed by atoms with van der Waals surface area (Å²) in [5, 5.41) is 21.3. The molecule has 3 aromatic rings. The molecular weight excluding hydrogens is 433 g/mol. The van der Waals surface area contributed by atoms with Gasteiger partial charge in [0.2, 0.25) is 5.91 Å². The second-order valence-electron chi connectivity index (χ2n) is 6.38. The van der Waals surface area contributed by atoms with Gasteiger partial charge in [0.25, 0.3) is 0 Å². The fraction of sp³-hybridized carbons (Fsp3) is 0.150. The lowest BCUT2D eigenvalue weighted by Gasteiger charge is -2.14. The molecule has 7 nitrogen and oxygen atoms in total. The molecule has 160 valence electrons. The first-order valence-corrected chi connectivity index (χ1v) is 9.59. The number of hydroxylamine groups is 1. The first-order valence-electron chi connectivity index (χ1n) is 8.71. The van der Waals surface area contributed by atoms with Crippen LogP contribution in [0.2, 0.25) is 0 Å². The van der Waals surface area contributed by atoms with E-state index in [1.165, 1.54) is 41.1 Å². The molecular formula is C20H15F3N4O3S. The van der Waals surface area contributed by atoms with Gasteiger partial charge in [-0.15, -0.1) is 24.5 Å². The molecule has 0 saturated carbocycles. The quantitative estimate of drug-likeness (QED) is 0.277. The summed E-state index contributed by atoms with van der Waals surface area (Å²) < 4.78 is 41.7. The van der Waals surface area contributed by atoms with E-state index in [0.29, 0.717) is 38.2 Å². The molecule has 11 heteroatoms. The van der Waals surface area contributed by atoms with Gasteiger partial charge in [0.05, 0.1) is 33.4 Å². The molecule has 0 unspecified atom stereocenters. The third-order valence-corrected chi connectivity index (χ3v) is 5.03. The smallest absolute Gasteiger partial charge is 0.406 e. The molecule has 0 bridgehead atoms. The van der Waals surface area contributed by atoms with Gasteiger partial charge < -0.3 is 10.1 Å². The molecule has 0 aliphatic rings. The molecule has 1 amide bonds. The van der Waals surface area contributed by atoms with E-state index in [2.05, 4.69) is 27.7 Å². The van der Waals surface area contributed by atoms with Crippen molar-refractivity contribution >= 4 is 33.1 Å². The van der Waals surface area contributed by atoms with Crippen molar-refractivity contribution in [1.82, 2.24) is 10.5 Å². The number of nitrogens with zero attached hydrogens (tertiary/aromatic N) is 2. The number of hydrogen-bond donors (Lipinski definition) is 3. The lowest BCUT2D eigenvalue weighted by molar-refractivity contribution is -0.274. The highest BCUT2D eigenvalue weighted by molar-refractivity contribution is 7.17. The number of ether oxygens (including phenoxy) is 1. The maximum atomic E-state index is 12.4. The zero-order chi connectivity index (χ0) is 22.6. The lowest BCUT2D eigenvalue weighted by Crippen LogP contribution is -2.20. The van der Waals surface area contributed by atoms with Gasteiger partial charge in [0, 0.05) is 12.1 Å². The number of nitriles is 1. The maximum Gasteiger partial charge on any atom is 0.573 e. The van der Waals surface area contributed by atoms with Crippen LogP contribution in [-0.2, 0) is 4.79 Å². The second-order valence-corrected chi connectivity index (χ2v) is 7.23. The zero-order valence-corrected chi connectivity index (χ0v) is 16.6. The van der Waals surface area contributed by atoms with E-state index < -0.39 is 12.3 Å². The van der Waals surface area contributed by atoms with Crippen LogP contribution < -0.4 is 15.5 Å². The lowest BCUT2D eigenvalue weighted by atomic mass is 10.0. The largest absolute Gasteiger partial charge is 0.573 e. The minimum atomic E-state index is -4.79. The molecule has 3 rings (SSSR count). The first kappa shape index (κ1) is 22.1. The predicted molar refractivity (Wildman–Crippen MR) is 109 cm³/mol. The normalized spacial score (nSPS) is 11.1. The van der Waals surface area contributed by atoms with Crippen molar-refractivity contribution < 1.29 is 27.9 Å². The Morgan fingerprint density at radius 3 is 2.65 bits per heavy atom. The molecule has 2 aromatic carbocycles. The Kier molecular flexibility index (Phi) is 6.43. The summed E-state index contributed by atoms with van der Waals surface area (Å²) in [6.45, 7) is 3.91. The van der Waals surface area contributed by atoms with Gasteiger partial charge in [-0.3, -0.25) is 10.0 Å². The summed E-state index contributed by atoms with van der Waals surface area (Å²) in [6, 6.07) is 9.12. The van der Waals surface area contributed by atoms with Gasteiger partial charge >= 0.3 is 6.36 Å². The second kappa shape index (κ2) is 9.03. The SMILES string of the molecule is C=C(CNc1cc(-c2ccc(OC(F)(F)F)cc2)c2ncsc2c1C#N)CC(=O)NO. The van der Waals surface area contributed by atoms with Gasteiger partial charge in [-0.25, -0.2) is 10.5 Å². The number of carbonyl (C=O) groups excluding carboxylic acids is 1. The molecule has 0 fully saturated rings. The molecule has 3 N–H and O–H groups in total. The van der Waals surface area contributed by atoms with Gasteiger partial charge in [-0.1, -0.05) is 18.7 Å². The van der Waals surface area contributed by atoms with Crippen LogP contribution in [0.5, 0.6) is 5.75 Å². The van der Waals surface area contributed by atoms with Crippen LogP contribution >= 0.6 is 11.3 Å². The number of rotatable bonds is 7. The van der Waals surface area contributed by atoms with Crippen LogP contribution in [-0.4, -0.2) is 29.0 Å². The Bertz CT molecular complexity index is 1170. The van der Waals surface area contributed by atoms with E-state index in [9.17, 15) is 23.2 Å². The molecule has 0 radical (unpaired) electrons. The summed E-state index contributed by atoms with van der Waals surface area (Å²) in [7, 11) is 0. The fourth-order valence-corrected chi connectivity index (χ4v) is 3.69.